The first-order valence-electron chi connectivity index (χ1n) is 7.56. The molecule has 2 nitrogen and oxygen atoms in total. The molecule has 2 fully saturated rings. The largest absolute Gasteiger partial charge is 0.312 e. The monoisotopic (exact) mass is 280 g/mol. The normalized spacial score (nSPS) is 27.1. The zero-order chi connectivity index (χ0) is 14.1. The number of benzene rings is 1. The van der Waals surface area contributed by atoms with E-state index in [0.29, 0.717) is 18.5 Å². The van der Waals surface area contributed by atoms with Crippen LogP contribution in [0.4, 0.5) is 8.78 Å². The van der Waals surface area contributed by atoms with Crippen LogP contribution in [0, 0.1) is 11.6 Å². The van der Waals surface area contributed by atoms with Gasteiger partial charge in [-0.15, -0.1) is 0 Å². The fourth-order valence-electron chi connectivity index (χ4n) is 3.30. The summed E-state index contributed by atoms with van der Waals surface area (Å²) >= 11 is 0. The number of likely N-dealkylation sites (tertiary alicyclic amines) is 1. The summed E-state index contributed by atoms with van der Waals surface area (Å²) in [6, 6.07) is 5.74. The fraction of sp³-hybridized carbons (Fsp3) is 0.625. The number of nitrogens with zero attached hydrogens (tertiary/aromatic N) is 1. The molecule has 3 rings (SSSR count). The Labute approximate surface area is 119 Å². The molecule has 0 aromatic heterocycles. The third-order valence-electron chi connectivity index (χ3n) is 4.41. The molecule has 2 unspecified atom stereocenters. The van der Waals surface area contributed by atoms with E-state index >= 15 is 0 Å². The first-order chi connectivity index (χ1) is 9.61. The molecule has 2 atom stereocenters. The van der Waals surface area contributed by atoms with E-state index in [2.05, 4.69) is 17.1 Å². The van der Waals surface area contributed by atoms with Crippen LogP contribution in [0.3, 0.4) is 0 Å². The summed E-state index contributed by atoms with van der Waals surface area (Å²) in [7, 11) is 0. The molecule has 20 heavy (non-hydrogen) atoms. The Hall–Kier alpha value is -1.00. The van der Waals surface area contributed by atoms with Gasteiger partial charge in [0.2, 0.25) is 0 Å². The van der Waals surface area contributed by atoms with Gasteiger partial charge >= 0.3 is 0 Å². The van der Waals surface area contributed by atoms with Crippen molar-refractivity contribution in [3.8, 4) is 0 Å². The maximum absolute atomic E-state index is 13.1. The second kappa shape index (κ2) is 5.78. The molecule has 0 bridgehead atoms. The molecule has 1 heterocycles. The van der Waals surface area contributed by atoms with Crippen molar-refractivity contribution in [1.29, 1.82) is 0 Å². The second-order valence-corrected chi connectivity index (χ2v) is 6.19. The van der Waals surface area contributed by atoms with Gasteiger partial charge in [-0.1, -0.05) is 0 Å². The highest BCUT2D eigenvalue weighted by molar-refractivity contribution is 5.18. The summed E-state index contributed by atoms with van der Waals surface area (Å²) in [5.41, 5.74) is 0.722. The van der Waals surface area contributed by atoms with Gasteiger partial charge in [0.1, 0.15) is 11.6 Å². The van der Waals surface area contributed by atoms with E-state index in [-0.39, 0.29) is 0 Å². The Balaban J connectivity index is 1.46. The molecular formula is C16H22F2N2. The molecule has 1 aromatic rings. The molecule has 1 aromatic carbocycles. The average molecular weight is 280 g/mol. The molecule has 0 radical (unpaired) electrons. The van der Waals surface area contributed by atoms with Crippen molar-refractivity contribution >= 4 is 0 Å². The Morgan fingerprint density at radius 1 is 1.20 bits per heavy atom. The quantitative estimate of drug-likeness (QED) is 0.892. The van der Waals surface area contributed by atoms with Gasteiger partial charge in [-0.3, -0.25) is 4.90 Å². The fourth-order valence-corrected chi connectivity index (χ4v) is 3.30. The van der Waals surface area contributed by atoms with Gasteiger partial charge in [0.15, 0.2) is 0 Å². The minimum absolute atomic E-state index is 0.491. The van der Waals surface area contributed by atoms with Crippen LogP contribution >= 0.6 is 0 Å². The van der Waals surface area contributed by atoms with Gasteiger partial charge < -0.3 is 5.32 Å². The van der Waals surface area contributed by atoms with Crippen LogP contribution in [0.1, 0.15) is 31.7 Å². The molecule has 1 aliphatic heterocycles. The predicted molar refractivity (Wildman–Crippen MR) is 75.7 cm³/mol. The summed E-state index contributed by atoms with van der Waals surface area (Å²) in [6.07, 6.45) is 4.54. The van der Waals surface area contributed by atoms with E-state index in [1.807, 2.05) is 0 Å². The molecular weight excluding hydrogens is 258 g/mol. The topological polar surface area (TPSA) is 15.3 Å². The summed E-state index contributed by atoms with van der Waals surface area (Å²) < 4.78 is 26.2. The molecule has 0 spiro atoms. The Morgan fingerprint density at radius 2 is 1.90 bits per heavy atom. The molecule has 1 N–H and O–H groups in total. The third kappa shape index (κ3) is 3.36. The van der Waals surface area contributed by atoms with Crippen LogP contribution in [0.15, 0.2) is 18.2 Å². The van der Waals surface area contributed by atoms with Crippen molar-refractivity contribution in [1.82, 2.24) is 10.2 Å². The third-order valence-corrected chi connectivity index (χ3v) is 4.41. The summed E-state index contributed by atoms with van der Waals surface area (Å²) in [5.74, 6) is -0.983. The van der Waals surface area contributed by atoms with Crippen LogP contribution in [-0.2, 0) is 6.42 Å². The Kier molecular flexibility index (Phi) is 4.03. The van der Waals surface area contributed by atoms with Crippen molar-refractivity contribution in [2.24, 2.45) is 0 Å². The first kappa shape index (κ1) is 14.0. The van der Waals surface area contributed by atoms with Crippen molar-refractivity contribution in [2.75, 3.05) is 13.1 Å². The number of hydrogen-bond acceptors (Lipinski definition) is 2. The smallest absolute Gasteiger partial charge is 0.126 e. The van der Waals surface area contributed by atoms with Crippen LogP contribution in [0.5, 0.6) is 0 Å². The lowest BCUT2D eigenvalue weighted by Gasteiger charge is -2.19. The lowest BCUT2D eigenvalue weighted by molar-refractivity contribution is 0.255. The molecule has 0 amide bonds. The lowest BCUT2D eigenvalue weighted by Crippen LogP contribution is -2.35. The Morgan fingerprint density at radius 3 is 2.55 bits per heavy atom. The van der Waals surface area contributed by atoms with E-state index in [1.165, 1.54) is 31.4 Å². The minimum atomic E-state index is -0.491. The molecule has 2 aliphatic rings. The minimum Gasteiger partial charge on any atom is -0.312 e. The van der Waals surface area contributed by atoms with Crippen LogP contribution in [0.2, 0.25) is 0 Å². The number of hydrogen-bond donors (Lipinski definition) is 1. The predicted octanol–water partition coefficient (Wildman–Crippen LogP) is 2.72. The number of rotatable bonds is 5. The van der Waals surface area contributed by atoms with E-state index in [1.54, 1.807) is 0 Å². The molecule has 1 saturated carbocycles. The maximum atomic E-state index is 13.1. The van der Waals surface area contributed by atoms with Gasteiger partial charge in [0, 0.05) is 30.7 Å². The SMILES string of the molecule is CC1CC(NCCc2cc(F)cc(F)c2)CN1C1CC1. The second-order valence-electron chi connectivity index (χ2n) is 6.19. The molecule has 1 saturated heterocycles. The van der Waals surface area contributed by atoms with Gasteiger partial charge in [0.25, 0.3) is 0 Å². The van der Waals surface area contributed by atoms with Gasteiger partial charge in [-0.05, 0) is 56.8 Å². The van der Waals surface area contributed by atoms with Gasteiger partial charge in [-0.25, -0.2) is 8.78 Å². The van der Waals surface area contributed by atoms with Crippen molar-refractivity contribution < 1.29 is 8.78 Å². The van der Waals surface area contributed by atoms with Crippen molar-refractivity contribution in [2.45, 2.75) is 50.7 Å². The van der Waals surface area contributed by atoms with E-state index in [0.717, 1.165) is 30.8 Å². The highest BCUT2D eigenvalue weighted by Gasteiger charge is 2.38. The van der Waals surface area contributed by atoms with E-state index in [4.69, 9.17) is 0 Å². The standard InChI is InChI=1S/C16H22F2N2/c1-11-6-15(10-20(11)16-2-3-16)19-5-4-12-7-13(17)9-14(18)8-12/h7-9,11,15-16,19H,2-6,10H2,1H3. The first-order valence-corrected chi connectivity index (χ1v) is 7.56. The Bertz CT molecular complexity index is 453. The van der Waals surface area contributed by atoms with Crippen molar-refractivity contribution in [3.63, 3.8) is 0 Å². The zero-order valence-corrected chi connectivity index (χ0v) is 11.9. The lowest BCUT2D eigenvalue weighted by atomic mass is 10.1. The zero-order valence-electron chi connectivity index (χ0n) is 11.9. The van der Waals surface area contributed by atoms with Crippen LogP contribution in [-0.4, -0.2) is 36.1 Å². The number of nitrogens with one attached hydrogen (secondary N) is 1. The summed E-state index contributed by atoms with van der Waals surface area (Å²) in [6.45, 7) is 4.18. The maximum Gasteiger partial charge on any atom is 0.126 e. The van der Waals surface area contributed by atoms with Gasteiger partial charge in [-0.2, -0.15) is 0 Å². The molecule has 4 heteroatoms. The molecule has 110 valence electrons. The summed E-state index contributed by atoms with van der Waals surface area (Å²) in [5, 5.41) is 3.53. The van der Waals surface area contributed by atoms with Gasteiger partial charge in [0.05, 0.1) is 0 Å². The van der Waals surface area contributed by atoms with E-state index in [9.17, 15) is 8.78 Å². The highest BCUT2D eigenvalue weighted by atomic mass is 19.1. The van der Waals surface area contributed by atoms with E-state index < -0.39 is 11.6 Å². The average Bonchev–Trinajstić information content (AvgIpc) is 3.13. The molecule has 1 aliphatic carbocycles. The van der Waals surface area contributed by atoms with Crippen LogP contribution < -0.4 is 5.32 Å². The highest BCUT2D eigenvalue weighted by Crippen LogP contribution is 2.33. The van der Waals surface area contributed by atoms with Crippen LogP contribution in [0.25, 0.3) is 0 Å². The number of halogens is 2. The summed E-state index contributed by atoms with van der Waals surface area (Å²) in [4.78, 5) is 2.60. The van der Waals surface area contributed by atoms with Crippen molar-refractivity contribution in [3.05, 3.63) is 35.4 Å².